The molecule has 5 aromatic rings. The molecule has 1 aliphatic carbocycles. The molecule has 0 bridgehead atoms. The van der Waals surface area contributed by atoms with E-state index in [4.69, 9.17) is 12.8 Å². The summed E-state index contributed by atoms with van der Waals surface area (Å²) in [6, 6.07) is 27.5. The lowest BCUT2D eigenvalue weighted by molar-refractivity contribution is 0.878. The van der Waals surface area contributed by atoms with Gasteiger partial charge in [-0.1, -0.05) is 66.1 Å². The molecule has 2 radical (unpaired) electrons. The second kappa shape index (κ2) is 6.74. The first-order valence-electron chi connectivity index (χ1n) is 10.3. The molecule has 140 valence electrons. The maximum atomic E-state index is 6.61. The molecular weight excluding hydrogens is 363 g/mol. The SMILES string of the molecule is [B]c1c2ccccc2cc2ccc(-c3nc4c(n3-c3ccccc3)CCC=C4)cc12. The number of hydrogen-bond acceptors (Lipinski definition) is 1. The van der Waals surface area contributed by atoms with Crippen molar-refractivity contribution in [3.8, 4) is 17.1 Å². The molecule has 1 aliphatic rings. The highest BCUT2D eigenvalue weighted by molar-refractivity contribution is 6.45. The number of aromatic nitrogens is 2. The van der Waals surface area contributed by atoms with Crippen molar-refractivity contribution in [1.29, 1.82) is 0 Å². The van der Waals surface area contributed by atoms with E-state index in [1.54, 1.807) is 0 Å². The number of nitrogens with zero attached hydrogens (tertiary/aromatic N) is 2. The van der Waals surface area contributed by atoms with E-state index in [0.717, 1.165) is 57.2 Å². The third-order valence-electron chi connectivity index (χ3n) is 6.01. The van der Waals surface area contributed by atoms with Gasteiger partial charge in [-0.05, 0) is 64.7 Å². The van der Waals surface area contributed by atoms with Gasteiger partial charge in [-0.3, -0.25) is 4.57 Å². The highest BCUT2D eigenvalue weighted by Gasteiger charge is 2.20. The number of fused-ring (bicyclic) bond motifs is 3. The van der Waals surface area contributed by atoms with Crippen LogP contribution in [0.15, 0.2) is 84.9 Å². The Balaban J connectivity index is 1.63. The van der Waals surface area contributed by atoms with Crippen LogP contribution in [0.5, 0.6) is 0 Å². The lowest BCUT2D eigenvalue weighted by atomic mass is 9.84. The van der Waals surface area contributed by atoms with Crippen molar-refractivity contribution in [1.82, 2.24) is 9.55 Å². The lowest BCUT2D eigenvalue weighted by Gasteiger charge is -2.14. The lowest BCUT2D eigenvalue weighted by Crippen LogP contribution is -2.07. The van der Waals surface area contributed by atoms with Gasteiger partial charge in [-0.25, -0.2) is 4.98 Å². The maximum absolute atomic E-state index is 6.61. The van der Waals surface area contributed by atoms with E-state index in [2.05, 4.69) is 83.4 Å². The molecule has 4 aromatic carbocycles. The van der Waals surface area contributed by atoms with Crippen LogP contribution in [0.25, 0.3) is 44.7 Å². The standard InChI is InChI=1S/C27H19BN2/c28-26-22-11-5-4-8-18(22)16-19-14-15-20(17-23(19)26)27-29-24-12-6-7-13-25(24)30(27)21-9-2-1-3-10-21/h1-6,8-12,14-17H,7,13H2. The van der Waals surface area contributed by atoms with Crippen LogP contribution in [0.1, 0.15) is 17.8 Å². The molecule has 30 heavy (non-hydrogen) atoms. The Morgan fingerprint density at radius 1 is 0.800 bits per heavy atom. The van der Waals surface area contributed by atoms with Gasteiger partial charge in [-0.15, -0.1) is 0 Å². The third kappa shape index (κ3) is 2.62. The second-order valence-electron chi connectivity index (χ2n) is 7.83. The van der Waals surface area contributed by atoms with Crippen LogP contribution in [0.4, 0.5) is 0 Å². The first-order chi connectivity index (χ1) is 14.8. The summed E-state index contributed by atoms with van der Waals surface area (Å²) < 4.78 is 2.30. The van der Waals surface area contributed by atoms with Gasteiger partial charge < -0.3 is 0 Å². The normalized spacial score (nSPS) is 13.1. The Bertz CT molecular complexity index is 1440. The van der Waals surface area contributed by atoms with Gasteiger partial charge in [0.2, 0.25) is 0 Å². The molecule has 0 saturated heterocycles. The molecule has 0 N–H and O–H groups in total. The van der Waals surface area contributed by atoms with E-state index < -0.39 is 0 Å². The molecular formula is C27H19BN2. The van der Waals surface area contributed by atoms with Crippen molar-refractivity contribution < 1.29 is 0 Å². The van der Waals surface area contributed by atoms with E-state index in [1.807, 2.05) is 12.1 Å². The summed E-state index contributed by atoms with van der Waals surface area (Å²) in [7, 11) is 6.61. The van der Waals surface area contributed by atoms with E-state index in [9.17, 15) is 0 Å². The van der Waals surface area contributed by atoms with Crippen molar-refractivity contribution in [2.75, 3.05) is 0 Å². The summed E-state index contributed by atoms with van der Waals surface area (Å²) in [4.78, 5) is 5.03. The molecule has 0 unspecified atom stereocenters. The molecule has 0 atom stereocenters. The van der Waals surface area contributed by atoms with Gasteiger partial charge in [0.05, 0.1) is 11.4 Å². The number of para-hydroxylation sites is 1. The van der Waals surface area contributed by atoms with Gasteiger partial charge >= 0.3 is 0 Å². The predicted molar refractivity (Wildman–Crippen MR) is 127 cm³/mol. The van der Waals surface area contributed by atoms with E-state index >= 15 is 0 Å². The molecule has 0 spiro atoms. The molecule has 1 heterocycles. The number of hydrogen-bond donors (Lipinski definition) is 0. The molecule has 0 amide bonds. The quantitative estimate of drug-likeness (QED) is 0.287. The molecule has 6 rings (SSSR count). The average molecular weight is 382 g/mol. The molecule has 0 saturated carbocycles. The highest BCUT2D eigenvalue weighted by atomic mass is 15.1. The van der Waals surface area contributed by atoms with Crippen LogP contribution in [0, 0.1) is 0 Å². The molecule has 3 heteroatoms. The second-order valence-corrected chi connectivity index (χ2v) is 7.83. The Labute approximate surface area is 176 Å². The monoisotopic (exact) mass is 382 g/mol. The van der Waals surface area contributed by atoms with Crippen LogP contribution in [0.3, 0.4) is 0 Å². The topological polar surface area (TPSA) is 17.8 Å². The summed E-state index contributed by atoms with van der Waals surface area (Å²) >= 11 is 0. The van der Waals surface area contributed by atoms with Crippen LogP contribution < -0.4 is 5.46 Å². The fraction of sp³-hybridized carbons (Fsp3) is 0.0741. The first kappa shape index (κ1) is 17.3. The summed E-state index contributed by atoms with van der Waals surface area (Å²) in [5.74, 6) is 0.965. The summed E-state index contributed by atoms with van der Waals surface area (Å²) in [6.45, 7) is 0. The summed E-state index contributed by atoms with van der Waals surface area (Å²) in [5, 5.41) is 4.48. The van der Waals surface area contributed by atoms with Crippen molar-refractivity contribution in [2.24, 2.45) is 0 Å². The Morgan fingerprint density at radius 2 is 1.60 bits per heavy atom. The summed E-state index contributed by atoms with van der Waals surface area (Å²) in [6.07, 6.45) is 6.39. The zero-order valence-corrected chi connectivity index (χ0v) is 16.5. The van der Waals surface area contributed by atoms with Gasteiger partial charge in [-0.2, -0.15) is 0 Å². The zero-order valence-electron chi connectivity index (χ0n) is 16.5. The number of imidazole rings is 1. The molecule has 1 aromatic heterocycles. The van der Waals surface area contributed by atoms with Gasteiger partial charge in [0.25, 0.3) is 0 Å². The van der Waals surface area contributed by atoms with E-state index in [-0.39, 0.29) is 0 Å². The van der Waals surface area contributed by atoms with Gasteiger partial charge in [0, 0.05) is 11.3 Å². The van der Waals surface area contributed by atoms with Crippen molar-refractivity contribution in [2.45, 2.75) is 12.8 Å². The van der Waals surface area contributed by atoms with Crippen molar-refractivity contribution >= 4 is 40.9 Å². The minimum atomic E-state index is 0.826. The first-order valence-corrected chi connectivity index (χ1v) is 10.3. The fourth-order valence-electron chi connectivity index (χ4n) is 4.54. The summed E-state index contributed by atoms with van der Waals surface area (Å²) in [5.41, 5.74) is 5.38. The van der Waals surface area contributed by atoms with E-state index in [1.165, 1.54) is 11.1 Å². The predicted octanol–water partition coefficient (Wildman–Crippen LogP) is 5.60. The average Bonchev–Trinajstić information content (AvgIpc) is 3.19. The fourth-order valence-corrected chi connectivity index (χ4v) is 4.54. The van der Waals surface area contributed by atoms with E-state index in [0.29, 0.717) is 0 Å². The maximum Gasteiger partial charge on any atom is 0.145 e. The van der Waals surface area contributed by atoms with Crippen LogP contribution >= 0.6 is 0 Å². The largest absolute Gasteiger partial charge is 0.296 e. The van der Waals surface area contributed by atoms with Gasteiger partial charge in [0.15, 0.2) is 0 Å². The number of rotatable bonds is 2. The van der Waals surface area contributed by atoms with Crippen molar-refractivity contribution in [3.63, 3.8) is 0 Å². The zero-order chi connectivity index (χ0) is 20.1. The molecule has 2 nitrogen and oxygen atoms in total. The molecule has 0 fully saturated rings. The van der Waals surface area contributed by atoms with Gasteiger partial charge in [0.1, 0.15) is 13.7 Å². The number of benzene rings is 4. The number of allylic oxidation sites excluding steroid dienone is 1. The minimum absolute atomic E-state index is 0.826. The van der Waals surface area contributed by atoms with Crippen LogP contribution in [-0.4, -0.2) is 17.4 Å². The van der Waals surface area contributed by atoms with Crippen LogP contribution in [-0.2, 0) is 6.42 Å². The Kier molecular flexibility index (Phi) is 3.88. The Morgan fingerprint density at radius 3 is 2.50 bits per heavy atom. The van der Waals surface area contributed by atoms with Crippen LogP contribution in [0.2, 0.25) is 0 Å². The highest BCUT2D eigenvalue weighted by Crippen LogP contribution is 2.32. The molecule has 0 aliphatic heterocycles. The van der Waals surface area contributed by atoms with Crippen molar-refractivity contribution in [3.05, 3.63) is 96.3 Å². The smallest absolute Gasteiger partial charge is 0.145 e. The third-order valence-corrected chi connectivity index (χ3v) is 6.01. The minimum Gasteiger partial charge on any atom is -0.296 e. The Hall–Kier alpha value is -3.59.